The molecule has 1 saturated heterocycles. The third-order valence-corrected chi connectivity index (χ3v) is 2.95. The van der Waals surface area contributed by atoms with Gasteiger partial charge in [0.05, 0.1) is 19.2 Å². The number of ether oxygens (including phenoxy) is 1. The molecule has 1 aliphatic rings. The highest BCUT2D eigenvalue weighted by molar-refractivity contribution is 5.88. The predicted molar refractivity (Wildman–Crippen MR) is 68.1 cm³/mol. The molecule has 1 heterocycles. The number of piperazine rings is 1. The van der Waals surface area contributed by atoms with Gasteiger partial charge in [0.25, 0.3) is 0 Å². The number of amides is 2. The molecule has 0 aromatic rings. The lowest BCUT2D eigenvalue weighted by atomic mass is 10.1. The van der Waals surface area contributed by atoms with Crippen LogP contribution in [-0.2, 0) is 14.3 Å². The molecule has 104 valence electrons. The minimum Gasteiger partial charge on any atom is -0.383 e. The topological polar surface area (TPSA) is 70.7 Å². The van der Waals surface area contributed by atoms with Crippen LogP contribution in [0.2, 0.25) is 0 Å². The predicted octanol–water partition coefficient (Wildman–Crippen LogP) is -0.652. The molecule has 2 amide bonds. The summed E-state index contributed by atoms with van der Waals surface area (Å²) >= 11 is 0. The molecule has 0 radical (unpaired) electrons. The Kier molecular flexibility index (Phi) is 6.07. The summed E-state index contributed by atoms with van der Waals surface area (Å²) in [6, 6.07) is -0.189. The van der Waals surface area contributed by atoms with Crippen molar-refractivity contribution in [2.45, 2.75) is 32.4 Å². The Bertz CT molecular complexity index is 296. The second-order valence-corrected chi connectivity index (χ2v) is 4.60. The van der Waals surface area contributed by atoms with Crippen LogP contribution >= 0.6 is 0 Å². The normalized spacial score (nSPS) is 21.8. The van der Waals surface area contributed by atoms with E-state index in [9.17, 15) is 9.59 Å². The Morgan fingerprint density at radius 3 is 3.00 bits per heavy atom. The number of hydrogen-bond donors (Lipinski definition) is 2. The smallest absolute Gasteiger partial charge is 0.240 e. The van der Waals surface area contributed by atoms with Gasteiger partial charge in [0.2, 0.25) is 11.8 Å². The summed E-state index contributed by atoms with van der Waals surface area (Å²) in [5, 5.41) is 5.94. The maximum atomic E-state index is 12.0. The number of nitrogens with one attached hydrogen (secondary N) is 2. The maximum absolute atomic E-state index is 12.0. The lowest BCUT2D eigenvalue weighted by Crippen LogP contribution is -2.57. The Labute approximate surface area is 108 Å². The van der Waals surface area contributed by atoms with Crippen LogP contribution in [0.25, 0.3) is 0 Å². The monoisotopic (exact) mass is 257 g/mol. The minimum atomic E-state index is -0.150. The first-order valence-corrected chi connectivity index (χ1v) is 6.39. The Balaban J connectivity index is 2.41. The van der Waals surface area contributed by atoms with Gasteiger partial charge in [0.1, 0.15) is 0 Å². The second-order valence-electron chi connectivity index (χ2n) is 4.60. The molecule has 2 N–H and O–H groups in total. The summed E-state index contributed by atoms with van der Waals surface area (Å²) in [6.07, 6.45) is 0.747. The van der Waals surface area contributed by atoms with Crippen LogP contribution in [-0.4, -0.2) is 62.1 Å². The highest BCUT2D eigenvalue weighted by Gasteiger charge is 2.28. The van der Waals surface area contributed by atoms with E-state index in [2.05, 4.69) is 10.6 Å². The van der Waals surface area contributed by atoms with Crippen LogP contribution in [0.5, 0.6) is 0 Å². The van der Waals surface area contributed by atoms with E-state index in [1.807, 2.05) is 13.8 Å². The molecule has 6 heteroatoms. The molecule has 1 aliphatic heterocycles. The zero-order chi connectivity index (χ0) is 13.5. The van der Waals surface area contributed by atoms with Gasteiger partial charge in [-0.3, -0.25) is 9.59 Å². The SMILES string of the molecule is CCC1NCCN(CC(=O)NC(C)COC)C1=O. The molecule has 18 heavy (non-hydrogen) atoms. The van der Waals surface area contributed by atoms with Gasteiger partial charge in [-0.05, 0) is 13.3 Å². The molecule has 2 unspecified atom stereocenters. The summed E-state index contributed by atoms with van der Waals surface area (Å²) in [7, 11) is 1.59. The zero-order valence-electron chi connectivity index (χ0n) is 11.4. The number of carbonyl (C=O) groups is 2. The van der Waals surface area contributed by atoms with Crippen LogP contribution < -0.4 is 10.6 Å². The number of rotatable bonds is 6. The lowest BCUT2D eigenvalue weighted by molar-refractivity contribution is -0.140. The summed E-state index contributed by atoms with van der Waals surface area (Å²) in [5.41, 5.74) is 0. The fourth-order valence-electron chi connectivity index (χ4n) is 2.05. The maximum Gasteiger partial charge on any atom is 0.240 e. The largest absolute Gasteiger partial charge is 0.383 e. The highest BCUT2D eigenvalue weighted by atomic mass is 16.5. The van der Waals surface area contributed by atoms with Crippen LogP contribution in [0.15, 0.2) is 0 Å². The zero-order valence-corrected chi connectivity index (χ0v) is 11.4. The standard InChI is InChI=1S/C12H23N3O3/c1-4-10-12(17)15(6-5-13-10)7-11(16)14-9(2)8-18-3/h9-10,13H,4-8H2,1-3H3,(H,14,16). The Hall–Kier alpha value is -1.14. The van der Waals surface area contributed by atoms with E-state index in [1.165, 1.54) is 0 Å². The van der Waals surface area contributed by atoms with E-state index >= 15 is 0 Å². The van der Waals surface area contributed by atoms with Crippen molar-refractivity contribution >= 4 is 11.8 Å². The Morgan fingerprint density at radius 2 is 2.39 bits per heavy atom. The second kappa shape index (κ2) is 7.33. The van der Waals surface area contributed by atoms with Crippen molar-refractivity contribution < 1.29 is 14.3 Å². The van der Waals surface area contributed by atoms with E-state index in [0.717, 1.165) is 13.0 Å². The van der Waals surface area contributed by atoms with Crippen LogP contribution in [0.3, 0.4) is 0 Å². The van der Waals surface area contributed by atoms with Crippen molar-refractivity contribution in [1.82, 2.24) is 15.5 Å². The fraction of sp³-hybridized carbons (Fsp3) is 0.833. The first kappa shape index (κ1) is 14.9. The molecule has 0 saturated carbocycles. The molecule has 0 bridgehead atoms. The summed E-state index contributed by atoms with van der Waals surface area (Å²) in [6.45, 7) is 5.76. The number of hydrogen-bond acceptors (Lipinski definition) is 4. The summed E-state index contributed by atoms with van der Waals surface area (Å²) in [5.74, 6) is -0.122. The molecule has 2 atom stereocenters. The molecular weight excluding hydrogens is 234 g/mol. The van der Waals surface area contributed by atoms with Crippen LogP contribution in [0.4, 0.5) is 0 Å². The van der Waals surface area contributed by atoms with Crippen molar-refractivity contribution in [3.05, 3.63) is 0 Å². The van der Waals surface area contributed by atoms with Crippen molar-refractivity contribution in [3.8, 4) is 0 Å². The summed E-state index contributed by atoms with van der Waals surface area (Å²) in [4.78, 5) is 25.3. The highest BCUT2D eigenvalue weighted by Crippen LogP contribution is 2.04. The minimum absolute atomic E-state index is 0.0123. The number of carbonyl (C=O) groups excluding carboxylic acids is 2. The van der Waals surface area contributed by atoms with Gasteiger partial charge in [-0.15, -0.1) is 0 Å². The lowest BCUT2D eigenvalue weighted by Gasteiger charge is -2.32. The van der Waals surface area contributed by atoms with Gasteiger partial charge in [-0.1, -0.05) is 6.92 Å². The third-order valence-electron chi connectivity index (χ3n) is 2.95. The Morgan fingerprint density at radius 1 is 1.67 bits per heavy atom. The average Bonchev–Trinajstić information content (AvgIpc) is 2.32. The van der Waals surface area contributed by atoms with Gasteiger partial charge >= 0.3 is 0 Å². The van der Waals surface area contributed by atoms with E-state index in [1.54, 1.807) is 12.0 Å². The van der Waals surface area contributed by atoms with E-state index < -0.39 is 0 Å². The van der Waals surface area contributed by atoms with E-state index in [-0.39, 0.29) is 30.4 Å². The van der Waals surface area contributed by atoms with Crippen molar-refractivity contribution in [3.63, 3.8) is 0 Å². The van der Waals surface area contributed by atoms with Gasteiger partial charge in [0, 0.05) is 26.2 Å². The first-order valence-electron chi connectivity index (χ1n) is 6.39. The molecule has 0 aromatic heterocycles. The molecule has 1 fully saturated rings. The summed E-state index contributed by atoms with van der Waals surface area (Å²) < 4.78 is 4.94. The van der Waals surface area contributed by atoms with Crippen LogP contribution in [0, 0.1) is 0 Å². The van der Waals surface area contributed by atoms with E-state index in [0.29, 0.717) is 13.2 Å². The van der Waals surface area contributed by atoms with Crippen molar-refractivity contribution in [1.29, 1.82) is 0 Å². The molecule has 6 nitrogen and oxygen atoms in total. The molecule has 0 aliphatic carbocycles. The van der Waals surface area contributed by atoms with Crippen molar-refractivity contribution in [2.75, 3.05) is 33.4 Å². The molecule has 0 aromatic carbocycles. The molecule has 1 rings (SSSR count). The third kappa shape index (κ3) is 4.27. The molecule has 0 spiro atoms. The van der Waals surface area contributed by atoms with Gasteiger partial charge < -0.3 is 20.3 Å². The van der Waals surface area contributed by atoms with E-state index in [4.69, 9.17) is 4.74 Å². The van der Waals surface area contributed by atoms with Gasteiger partial charge in [-0.2, -0.15) is 0 Å². The fourth-order valence-corrected chi connectivity index (χ4v) is 2.05. The first-order chi connectivity index (χ1) is 8.58. The quantitative estimate of drug-likeness (QED) is 0.663. The number of nitrogens with zero attached hydrogens (tertiary/aromatic N) is 1. The van der Waals surface area contributed by atoms with Gasteiger partial charge in [-0.25, -0.2) is 0 Å². The average molecular weight is 257 g/mol. The van der Waals surface area contributed by atoms with Crippen LogP contribution in [0.1, 0.15) is 20.3 Å². The van der Waals surface area contributed by atoms with Gasteiger partial charge in [0.15, 0.2) is 0 Å². The molecular formula is C12H23N3O3. The number of methoxy groups -OCH3 is 1. The van der Waals surface area contributed by atoms with Crippen molar-refractivity contribution in [2.24, 2.45) is 0 Å².